The molecule has 0 saturated heterocycles. The maximum Gasteiger partial charge on any atom is 0.0992 e. The van der Waals surface area contributed by atoms with Gasteiger partial charge in [0.1, 0.15) is 0 Å². The lowest BCUT2D eigenvalue weighted by molar-refractivity contribution is 0.0475. The molecule has 96 valence electrons. The second-order valence-electron chi connectivity index (χ2n) is 4.95. The highest BCUT2D eigenvalue weighted by Gasteiger charge is 2.30. The number of nitrogens with zero attached hydrogens (tertiary/aromatic N) is 1. The first-order valence-corrected chi connectivity index (χ1v) is 6.62. The van der Waals surface area contributed by atoms with E-state index in [-0.39, 0.29) is 0 Å². The van der Waals surface area contributed by atoms with Gasteiger partial charge in [-0.25, -0.2) is 0 Å². The van der Waals surface area contributed by atoms with Gasteiger partial charge in [-0.2, -0.15) is 5.26 Å². The maximum absolute atomic E-state index is 10.2. The first kappa shape index (κ1) is 13.4. The molecular formula is C14H17ClN2O. The van der Waals surface area contributed by atoms with E-state index in [0.29, 0.717) is 23.7 Å². The quantitative estimate of drug-likeness (QED) is 0.879. The number of rotatable bonds is 4. The van der Waals surface area contributed by atoms with Crippen LogP contribution in [0.3, 0.4) is 0 Å². The average molecular weight is 265 g/mol. The summed E-state index contributed by atoms with van der Waals surface area (Å²) >= 11 is 6.08. The predicted octanol–water partition coefficient (Wildman–Crippen LogP) is 2.61. The molecule has 0 aliphatic heterocycles. The normalized spacial score (nSPS) is 17.6. The number of nitrogens with one attached hydrogen (secondary N) is 1. The largest absolute Gasteiger partial charge is 0.389 e. The highest BCUT2D eigenvalue weighted by molar-refractivity contribution is 6.31. The second-order valence-corrected chi connectivity index (χ2v) is 5.36. The van der Waals surface area contributed by atoms with Crippen LogP contribution < -0.4 is 5.32 Å². The zero-order valence-corrected chi connectivity index (χ0v) is 11.0. The minimum atomic E-state index is -0.543. The van der Waals surface area contributed by atoms with Crippen LogP contribution in [0.4, 0.5) is 0 Å². The molecule has 18 heavy (non-hydrogen) atoms. The van der Waals surface area contributed by atoms with Crippen molar-refractivity contribution < 1.29 is 5.11 Å². The van der Waals surface area contributed by atoms with Gasteiger partial charge < -0.3 is 10.4 Å². The smallest absolute Gasteiger partial charge is 0.0992 e. The molecule has 1 saturated carbocycles. The average Bonchev–Trinajstić information content (AvgIpc) is 2.78. The van der Waals surface area contributed by atoms with Crippen LogP contribution in [0.15, 0.2) is 18.2 Å². The zero-order valence-electron chi connectivity index (χ0n) is 10.2. The van der Waals surface area contributed by atoms with E-state index in [2.05, 4.69) is 11.4 Å². The highest BCUT2D eigenvalue weighted by atomic mass is 35.5. The number of nitriles is 1. The van der Waals surface area contributed by atoms with Gasteiger partial charge in [-0.3, -0.25) is 0 Å². The fourth-order valence-electron chi connectivity index (χ4n) is 2.40. The minimum Gasteiger partial charge on any atom is -0.389 e. The van der Waals surface area contributed by atoms with E-state index in [9.17, 15) is 5.11 Å². The Morgan fingerprint density at radius 2 is 2.11 bits per heavy atom. The molecule has 0 amide bonds. The van der Waals surface area contributed by atoms with Crippen molar-refractivity contribution in [1.82, 2.24) is 5.32 Å². The summed E-state index contributed by atoms with van der Waals surface area (Å²) in [6, 6.07) is 7.34. The van der Waals surface area contributed by atoms with E-state index < -0.39 is 5.60 Å². The minimum absolute atomic E-state index is 0.543. The van der Waals surface area contributed by atoms with Gasteiger partial charge in [-0.15, -0.1) is 0 Å². The fourth-order valence-corrected chi connectivity index (χ4v) is 2.65. The molecule has 0 radical (unpaired) electrons. The maximum atomic E-state index is 10.2. The van der Waals surface area contributed by atoms with E-state index in [1.807, 2.05) is 6.07 Å². The van der Waals surface area contributed by atoms with Crippen LogP contribution in [0.1, 0.15) is 36.8 Å². The Kier molecular flexibility index (Phi) is 4.23. The van der Waals surface area contributed by atoms with E-state index in [1.54, 1.807) is 12.1 Å². The molecule has 2 N–H and O–H groups in total. The molecular weight excluding hydrogens is 248 g/mol. The third-order valence-corrected chi connectivity index (χ3v) is 3.84. The molecule has 4 heteroatoms. The molecule has 0 heterocycles. The van der Waals surface area contributed by atoms with E-state index >= 15 is 0 Å². The highest BCUT2D eigenvalue weighted by Crippen LogP contribution is 2.28. The molecule has 1 aromatic rings. The van der Waals surface area contributed by atoms with Gasteiger partial charge in [0.25, 0.3) is 0 Å². The van der Waals surface area contributed by atoms with Crippen molar-refractivity contribution in [1.29, 1.82) is 5.26 Å². The molecule has 1 aromatic carbocycles. The Labute approximate surface area is 112 Å². The molecule has 3 nitrogen and oxygen atoms in total. The van der Waals surface area contributed by atoms with Gasteiger partial charge in [0, 0.05) is 18.1 Å². The summed E-state index contributed by atoms with van der Waals surface area (Å²) in [6.07, 6.45) is 3.97. The van der Waals surface area contributed by atoms with Crippen molar-refractivity contribution in [2.75, 3.05) is 6.54 Å². The summed E-state index contributed by atoms with van der Waals surface area (Å²) in [6.45, 7) is 1.22. The molecule has 0 atom stereocenters. The summed E-state index contributed by atoms with van der Waals surface area (Å²) in [4.78, 5) is 0. The molecule has 1 aliphatic rings. The Bertz CT molecular complexity index is 461. The van der Waals surface area contributed by atoms with E-state index in [1.165, 1.54) is 0 Å². The van der Waals surface area contributed by atoms with E-state index in [4.69, 9.17) is 16.9 Å². The van der Waals surface area contributed by atoms with Crippen molar-refractivity contribution in [3.8, 4) is 6.07 Å². The van der Waals surface area contributed by atoms with Crippen LogP contribution in [-0.2, 0) is 6.54 Å². The van der Waals surface area contributed by atoms with E-state index in [0.717, 1.165) is 31.2 Å². The van der Waals surface area contributed by atoms with Gasteiger partial charge in [-0.05, 0) is 30.5 Å². The summed E-state index contributed by atoms with van der Waals surface area (Å²) in [5, 5.41) is 22.8. The van der Waals surface area contributed by atoms with Crippen molar-refractivity contribution in [2.24, 2.45) is 0 Å². The Balaban J connectivity index is 1.89. The summed E-state index contributed by atoms with van der Waals surface area (Å²) in [7, 11) is 0. The van der Waals surface area contributed by atoms with Gasteiger partial charge in [0.2, 0.25) is 0 Å². The van der Waals surface area contributed by atoms with Gasteiger partial charge >= 0.3 is 0 Å². The molecule has 0 unspecified atom stereocenters. The Morgan fingerprint density at radius 3 is 2.72 bits per heavy atom. The topological polar surface area (TPSA) is 56.0 Å². The van der Waals surface area contributed by atoms with Crippen LogP contribution in [0.25, 0.3) is 0 Å². The first-order valence-electron chi connectivity index (χ1n) is 6.25. The monoisotopic (exact) mass is 264 g/mol. The Morgan fingerprint density at radius 1 is 1.39 bits per heavy atom. The number of aliphatic hydroxyl groups is 1. The molecule has 1 aliphatic carbocycles. The lowest BCUT2D eigenvalue weighted by Gasteiger charge is -2.22. The molecule has 0 aromatic heterocycles. The third-order valence-electron chi connectivity index (χ3n) is 3.49. The van der Waals surface area contributed by atoms with Crippen molar-refractivity contribution in [2.45, 2.75) is 37.8 Å². The van der Waals surface area contributed by atoms with Crippen LogP contribution >= 0.6 is 11.6 Å². The van der Waals surface area contributed by atoms with Crippen molar-refractivity contribution in [3.63, 3.8) is 0 Å². The van der Waals surface area contributed by atoms with Crippen molar-refractivity contribution >= 4 is 11.6 Å². The second kappa shape index (κ2) is 5.71. The number of hydrogen-bond donors (Lipinski definition) is 2. The summed E-state index contributed by atoms with van der Waals surface area (Å²) < 4.78 is 0. The van der Waals surface area contributed by atoms with Crippen molar-refractivity contribution in [3.05, 3.63) is 34.3 Å². The third kappa shape index (κ3) is 3.23. The molecule has 1 fully saturated rings. The van der Waals surface area contributed by atoms with Crippen LogP contribution in [0.2, 0.25) is 5.02 Å². The predicted molar refractivity (Wildman–Crippen MR) is 71.3 cm³/mol. The van der Waals surface area contributed by atoms with Gasteiger partial charge in [0.05, 0.1) is 17.2 Å². The SMILES string of the molecule is N#Cc1ccc(CNCC2(O)CCCC2)c(Cl)c1. The van der Waals surface area contributed by atoms with Crippen LogP contribution in [0, 0.1) is 11.3 Å². The number of benzene rings is 1. The van der Waals surface area contributed by atoms with Crippen LogP contribution in [0.5, 0.6) is 0 Å². The number of hydrogen-bond acceptors (Lipinski definition) is 3. The fraction of sp³-hybridized carbons (Fsp3) is 0.500. The lowest BCUT2D eigenvalue weighted by Crippen LogP contribution is -2.37. The zero-order chi connectivity index (χ0) is 13.0. The summed E-state index contributed by atoms with van der Waals surface area (Å²) in [5.74, 6) is 0. The van der Waals surface area contributed by atoms with Gasteiger partial charge in [-0.1, -0.05) is 30.5 Å². The molecule has 2 rings (SSSR count). The molecule has 0 spiro atoms. The van der Waals surface area contributed by atoms with Crippen LogP contribution in [-0.4, -0.2) is 17.3 Å². The summed E-state index contributed by atoms with van der Waals surface area (Å²) in [5.41, 5.74) is 0.981. The lowest BCUT2D eigenvalue weighted by atomic mass is 10.0. The Hall–Kier alpha value is -1.08. The number of halogens is 1. The first-order chi connectivity index (χ1) is 8.63. The molecule has 0 bridgehead atoms. The standard InChI is InChI=1S/C14H17ClN2O/c15-13-7-11(8-16)3-4-12(13)9-17-10-14(18)5-1-2-6-14/h3-4,7,17-18H,1-2,5-6,9-10H2. The van der Waals surface area contributed by atoms with Gasteiger partial charge in [0.15, 0.2) is 0 Å².